The van der Waals surface area contributed by atoms with Crippen molar-refractivity contribution in [2.24, 2.45) is 0 Å². The van der Waals surface area contributed by atoms with Gasteiger partial charge < -0.3 is 10.8 Å². The maximum absolute atomic E-state index is 12.9. The average Bonchev–Trinajstić information content (AvgIpc) is 3.23. The molecule has 4 heterocycles. The molecule has 0 amide bonds. The Bertz CT molecular complexity index is 1400. The first-order chi connectivity index (χ1) is 15.7. The number of imidazole rings is 1. The highest BCUT2D eigenvalue weighted by atomic mass is 19.1. The quantitative estimate of drug-likeness (QED) is 0.439. The van der Waals surface area contributed by atoms with Gasteiger partial charge in [0.05, 0.1) is 23.6 Å². The van der Waals surface area contributed by atoms with Crippen LogP contribution in [0.15, 0.2) is 73.1 Å². The molecule has 0 aliphatic rings. The average molecular weight is 426 g/mol. The molecule has 0 fully saturated rings. The van der Waals surface area contributed by atoms with Crippen LogP contribution in [-0.2, 0) is 13.3 Å². The summed E-state index contributed by atoms with van der Waals surface area (Å²) in [6, 6.07) is 18.3. The van der Waals surface area contributed by atoms with E-state index in [-0.39, 0.29) is 6.61 Å². The van der Waals surface area contributed by atoms with Crippen molar-refractivity contribution in [1.29, 1.82) is 0 Å². The van der Waals surface area contributed by atoms with Gasteiger partial charge in [-0.1, -0.05) is 18.2 Å². The summed E-state index contributed by atoms with van der Waals surface area (Å²) in [6.45, 7) is -0.609. The number of hydrogen-bond donors (Lipinski definition) is 2. The van der Waals surface area contributed by atoms with Gasteiger partial charge in [0, 0.05) is 23.6 Å². The van der Waals surface area contributed by atoms with Crippen LogP contribution in [0.25, 0.3) is 39.6 Å². The van der Waals surface area contributed by atoms with Crippen LogP contribution < -0.4 is 5.73 Å². The third kappa shape index (κ3) is 3.46. The summed E-state index contributed by atoms with van der Waals surface area (Å²) < 4.78 is 14.8. The van der Waals surface area contributed by atoms with E-state index in [2.05, 4.69) is 9.97 Å². The van der Waals surface area contributed by atoms with Gasteiger partial charge in [0.2, 0.25) is 0 Å². The predicted octanol–water partition coefficient (Wildman–Crippen LogP) is 4.09. The molecule has 1 aromatic carbocycles. The zero-order valence-electron chi connectivity index (χ0n) is 17.0. The van der Waals surface area contributed by atoms with Gasteiger partial charge in [-0.2, -0.15) is 0 Å². The number of alkyl halides is 1. The van der Waals surface area contributed by atoms with E-state index in [4.69, 9.17) is 15.7 Å². The summed E-state index contributed by atoms with van der Waals surface area (Å²) in [6.07, 6.45) is 3.14. The van der Waals surface area contributed by atoms with E-state index in [9.17, 15) is 9.50 Å². The largest absolute Gasteiger partial charge is 0.392 e. The summed E-state index contributed by atoms with van der Waals surface area (Å²) in [5.41, 5.74) is 11.5. The van der Waals surface area contributed by atoms with Gasteiger partial charge in [-0.05, 0) is 48.0 Å². The number of nitrogens with zero attached hydrogens (tertiary/aromatic N) is 5. The van der Waals surface area contributed by atoms with E-state index in [1.165, 1.54) is 6.20 Å². The fourth-order valence-electron chi connectivity index (χ4n) is 3.54. The fourth-order valence-corrected chi connectivity index (χ4v) is 3.54. The highest BCUT2D eigenvalue weighted by Crippen LogP contribution is 2.31. The van der Waals surface area contributed by atoms with E-state index in [1.54, 1.807) is 24.4 Å². The molecule has 158 valence electrons. The molecule has 32 heavy (non-hydrogen) atoms. The van der Waals surface area contributed by atoms with Gasteiger partial charge in [0.25, 0.3) is 0 Å². The highest BCUT2D eigenvalue weighted by Gasteiger charge is 2.18. The van der Waals surface area contributed by atoms with Crippen molar-refractivity contribution in [3.05, 3.63) is 84.2 Å². The molecule has 0 radical (unpaired) electrons. The number of aliphatic hydroxyl groups is 1. The number of halogens is 1. The first-order valence-electron chi connectivity index (χ1n) is 9.99. The van der Waals surface area contributed by atoms with Crippen LogP contribution >= 0.6 is 0 Å². The Balaban J connectivity index is 1.74. The third-order valence-electron chi connectivity index (χ3n) is 5.20. The Morgan fingerprint density at radius 3 is 2.34 bits per heavy atom. The maximum Gasteiger partial charge on any atom is 0.165 e. The van der Waals surface area contributed by atoms with Crippen molar-refractivity contribution in [2.75, 3.05) is 5.73 Å². The number of nitrogens with two attached hydrogens (primary N) is 1. The van der Waals surface area contributed by atoms with E-state index in [0.717, 1.165) is 11.3 Å². The summed E-state index contributed by atoms with van der Waals surface area (Å²) in [5.74, 6) is 0.965. The molecule has 5 rings (SSSR count). The number of fused-ring (bicyclic) bond motifs is 1. The second-order valence-electron chi connectivity index (χ2n) is 7.26. The molecule has 4 aromatic heterocycles. The minimum atomic E-state index is -0.563. The molecule has 0 aliphatic carbocycles. The zero-order chi connectivity index (χ0) is 22.1. The lowest BCUT2D eigenvalue weighted by Gasteiger charge is -2.11. The Hall–Kier alpha value is -4.17. The topological polar surface area (TPSA) is 103 Å². The lowest BCUT2D eigenvalue weighted by atomic mass is 10.2. The van der Waals surface area contributed by atoms with Crippen molar-refractivity contribution >= 4 is 17.0 Å². The van der Waals surface area contributed by atoms with Crippen LogP contribution in [-0.4, -0.2) is 29.6 Å². The highest BCUT2D eigenvalue weighted by molar-refractivity contribution is 5.84. The van der Waals surface area contributed by atoms with Gasteiger partial charge >= 0.3 is 0 Å². The fraction of sp³-hybridized carbons (Fsp3) is 0.0833. The van der Waals surface area contributed by atoms with Gasteiger partial charge in [0.15, 0.2) is 11.5 Å². The summed E-state index contributed by atoms with van der Waals surface area (Å²) in [7, 11) is 0. The summed E-state index contributed by atoms with van der Waals surface area (Å²) >= 11 is 0. The van der Waals surface area contributed by atoms with E-state index in [1.807, 2.05) is 47.0 Å². The molecule has 8 heteroatoms. The van der Waals surface area contributed by atoms with Crippen molar-refractivity contribution in [3.8, 4) is 28.5 Å². The molecular weight excluding hydrogens is 407 g/mol. The van der Waals surface area contributed by atoms with Crippen LogP contribution in [0, 0.1) is 0 Å². The van der Waals surface area contributed by atoms with Crippen LogP contribution in [0.5, 0.6) is 0 Å². The summed E-state index contributed by atoms with van der Waals surface area (Å²) in [5, 5.41) is 9.41. The second-order valence-corrected chi connectivity index (χ2v) is 7.26. The van der Waals surface area contributed by atoms with Crippen LogP contribution in [0.1, 0.15) is 11.1 Å². The van der Waals surface area contributed by atoms with Gasteiger partial charge in [-0.15, -0.1) is 0 Å². The Morgan fingerprint density at radius 1 is 0.875 bits per heavy atom. The molecule has 0 spiro atoms. The number of aliphatic hydroxyl groups excluding tert-OH is 1. The smallest absolute Gasteiger partial charge is 0.165 e. The number of hydrogen-bond acceptors (Lipinski definition) is 6. The van der Waals surface area contributed by atoms with Crippen molar-refractivity contribution in [2.45, 2.75) is 13.3 Å². The second kappa shape index (κ2) is 8.16. The van der Waals surface area contributed by atoms with Crippen LogP contribution in [0.2, 0.25) is 0 Å². The van der Waals surface area contributed by atoms with Gasteiger partial charge in [0.1, 0.15) is 18.0 Å². The van der Waals surface area contributed by atoms with Crippen LogP contribution in [0.4, 0.5) is 10.2 Å². The lowest BCUT2D eigenvalue weighted by Crippen LogP contribution is -2.02. The van der Waals surface area contributed by atoms with Crippen molar-refractivity contribution in [3.63, 3.8) is 0 Å². The first kappa shape index (κ1) is 19.8. The Kier molecular flexibility index (Phi) is 5.04. The number of benzene rings is 1. The predicted molar refractivity (Wildman–Crippen MR) is 120 cm³/mol. The normalized spacial score (nSPS) is 11.2. The van der Waals surface area contributed by atoms with E-state index >= 15 is 0 Å². The molecule has 3 N–H and O–H groups in total. The molecule has 0 bridgehead atoms. The van der Waals surface area contributed by atoms with Crippen molar-refractivity contribution < 1.29 is 9.50 Å². The maximum atomic E-state index is 12.9. The Labute approximate surface area is 183 Å². The monoisotopic (exact) mass is 426 g/mol. The molecule has 5 aromatic rings. The molecule has 0 aliphatic heterocycles. The minimum Gasteiger partial charge on any atom is -0.392 e. The first-order valence-corrected chi connectivity index (χ1v) is 9.99. The third-order valence-corrected chi connectivity index (χ3v) is 5.20. The minimum absolute atomic E-state index is 0.0453. The van der Waals surface area contributed by atoms with E-state index < -0.39 is 6.67 Å². The number of anilines is 1. The zero-order valence-corrected chi connectivity index (χ0v) is 17.0. The molecule has 0 saturated heterocycles. The summed E-state index contributed by atoms with van der Waals surface area (Å²) in [4.78, 5) is 18.2. The van der Waals surface area contributed by atoms with Crippen molar-refractivity contribution in [1.82, 2.24) is 24.5 Å². The SMILES string of the molecule is Nc1ncccc1-c1nc2ccc(-c3ccc(CF)cn3)nc2n1-c1ccc(CO)cc1. The lowest BCUT2D eigenvalue weighted by molar-refractivity contribution is 0.282. The molecule has 0 atom stereocenters. The standard InChI is InChI=1S/C24H19FN6O/c25-12-16-5-8-19(28-13-16)20-9-10-21-24(29-20)31(17-6-3-15(14-32)4-7-17)23(30-21)18-2-1-11-27-22(18)26/h1-11,13,32H,12,14H2,(H2,26,27). The molecular formula is C24H19FN6O. The number of aromatic nitrogens is 5. The number of nitrogen functional groups attached to an aromatic ring is 1. The van der Waals surface area contributed by atoms with Gasteiger partial charge in [-0.3, -0.25) is 9.55 Å². The Morgan fingerprint density at radius 2 is 1.66 bits per heavy atom. The number of pyridine rings is 3. The molecule has 0 saturated carbocycles. The molecule has 0 unspecified atom stereocenters. The number of rotatable bonds is 5. The van der Waals surface area contributed by atoms with Gasteiger partial charge in [-0.25, -0.2) is 19.3 Å². The van der Waals surface area contributed by atoms with Crippen LogP contribution in [0.3, 0.4) is 0 Å². The molecule has 7 nitrogen and oxygen atoms in total. The van der Waals surface area contributed by atoms with E-state index in [0.29, 0.717) is 45.3 Å².